The van der Waals surface area contributed by atoms with Crippen LogP contribution in [0.2, 0.25) is 10.0 Å². The number of anilines is 1. The maximum Gasteiger partial charge on any atom is 0.243 e. The number of benzene rings is 2. The first kappa shape index (κ1) is 30.3. The van der Waals surface area contributed by atoms with Gasteiger partial charge < -0.3 is 10.2 Å². The number of carbonyl (C=O) groups excluding carboxylic acids is 2. The molecule has 0 spiro atoms. The molecule has 1 atom stereocenters. The molecule has 1 saturated carbocycles. The lowest BCUT2D eigenvalue weighted by Crippen LogP contribution is -2.52. The van der Waals surface area contributed by atoms with E-state index in [0.29, 0.717) is 24.4 Å². The van der Waals surface area contributed by atoms with Gasteiger partial charge in [0.15, 0.2) is 0 Å². The monoisotopic (exact) mass is 581 g/mol. The zero-order chi connectivity index (χ0) is 27.7. The Morgan fingerprint density at radius 2 is 1.74 bits per heavy atom. The second-order valence-electron chi connectivity index (χ2n) is 9.77. The van der Waals surface area contributed by atoms with E-state index in [0.717, 1.165) is 37.5 Å². The number of sulfonamides is 1. The van der Waals surface area contributed by atoms with Crippen LogP contribution in [0.1, 0.15) is 57.4 Å². The highest BCUT2D eigenvalue weighted by Crippen LogP contribution is 2.31. The first-order valence-electron chi connectivity index (χ1n) is 13.2. The second-order valence-corrected chi connectivity index (χ2v) is 12.5. The summed E-state index contributed by atoms with van der Waals surface area (Å²) < 4.78 is 26.3. The summed E-state index contributed by atoms with van der Waals surface area (Å²) >= 11 is 12.4. The van der Waals surface area contributed by atoms with Crippen LogP contribution in [0.4, 0.5) is 5.69 Å². The fourth-order valence-electron chi connectivity index (χ4n) is 4.92. The number of nitrogens with zero attached hydrogens (tertiary/aromatic N) is 2. The van der Waals surface area contributed by atoms with Crippen molar-refractivity contribution in [3.8, 4) is 0 Å². The fourth-order valence-corrected chi connectivity index (χ4v) is 6.33. The molecular formula is C28H37Cl2N3O4S. The van der Waals surface area contributed by atoms with Crippen molar-refractivity contribution < 1.29 is 18.0 Å². The van der Waals surface area contributed by atoms with Crippen LogP contribution < -0.4 is 9.62 Å². The molecule has 208 valence electrons. The van der Waals surface area contributed by atoms with E-state index in [-0.39, 0.29) is 48.0 Å². The molecule has 0 heterocycles. The van der Waals surface area contributed by atoms with Gasteiger partial charge in [-0.1, -0.05) is 73.3 Å². The molecule has 0 radical (unpaired) electrons. The third-order valence-electron chi connectivity index (χ3n) is 6.90. The molecule has 0 unspecified atom stereocenters. The topological polar surface area (TPSA) is 86.8 Å². The number of amides is 2. The molecule has 1 aliphatic carbocycles. The van der Waals surface area contributed by atoms with Gasteiger partial charge in [0, 0.05) is 30.6 Å². The molecule has 7 nitrogen and oxygen atoms in total. The quantitative estimate of drug-likeness (QED) is 0.341. The van der Waals surface area contributed by atoms with Crippen LogP contribution in [0.25, 0.3) is 0 Å². The Bertz CT molecular complexity index is 1190. The third-order valence-corrected chi connectivity index (χ3v) is 8.64. The van der Waals surface area contributed by atoms with Crippen molar-refractivity contribution in [1.29, 1.82) is 0 Å². The van der Waals surface area contributed by atoms with Gasteiger partial charge >= 0.3 is 0 Å². The number of carbonyl (C=O) groups is 2. The Labute approximate surface area is 236 Å². The summed E-state index contributed by atoms with van der Waals surface area (Å²) in [5, 5.41) is 3.76. The van der Waals surface area contributed by atoms with E-state index >= 15 is 0 Å². The lowest BCUT2D eigenvalue weighted by molar-refractivity contribution is -0.141. The second kappa shape index (κ2) is 14.2. The van der Waals surface area contributed by atoms with E-state index in [4.69, 9.17) is 23.2 Å². The van der Waals surface area contributed by atoms with Crippen LogP contribution in [-0.4, -0.2) is 56.6 Å². The SMILES string of the molecule is CC[C@@H](C(=O)NC1CCCC1)N(CCc1ccccc1)C(=O)CCCN(c1cc(Cl)ccc1Cl)S(C)(=O)=O. The summed E-state index contributed by atoms with van der Waals surface area (Å²) in [4.78, 5) is 28.4. The van der Waals surface area contributed by atoms with Crippen LogP contribution >= 0.6 is 23.2 Å². The molecule has 2 aromatic carbocycles. The summed E-state index contributed by atoms with van der Waals surface area (Å²) in [5.74, 6) is -0.302. The summed E-state index contributed by atoms with van der Waals surface area (Å²) in [7, 11) is -3.67. The first-order chi connectivity index (χ1) is 18.1. The number of hydrogen-bond donors (Lipinski definition) is 1. The Morgan fingerprint density at radius 1 is 1.05 bits per heavy atom. The number of nitrogens with one attached hydrogen (secondary N) is 1. The van der Waals surface area contributed by atoms with Gasteiger partial charge in [-0.3, -0.25) is 13.9 Å². The Morgan fingerprint density at radius 3 is 2.37 bits per heavy atom. The molecule has 38 heavy (non-hydrogen) atoms. The number of halogens is 2. The highest BCUT2D eigenvalue weighted by molar-refractivity contribution is 7.92. The molecule has 0 bridgehead atoms. The predicted octanol–water partition coefficient (Wildman–Crippen LogP) is 5.45. The molecule has 1 aliphatic rings. The van der Waals surface area contributed by atoms with E-state index in [1.54, 1.807) is 17.0 Å². The zero-order valence-electron chi connectivity index (χ0n) is 22.0. The van der Waals surface area contributed by atoms with E-state index < -0.39 is 16.1 Å². The van der Waals surface area contributed by atoms with E-state index in [1.807, 2.05) is 37.3 Å². The molecule has 3 rings (SSSR count). The Kier molecular flexibility index (Phi) is 11.3. The average Bonchev–Trinajstić information content (AvgIpc) is 3.38. The largest absolute Gasteiger partial charge is 0.352 e. The van der Waals surface area contributed by atoms with Crippen molar-refractivity contribution in [1.82, 2.24) is 10.2 Å². The van der Waals surface area contributed by atoms with Crippen LogP contribution in [0, 0.1) is 0 Å². The van der Waals surface area contributed by atoms with Gasteiger partial charge in [-0.05, 0) is 55.9 Å². The fraction of sp³-hybridized carbons (Fsp3) is 0.500. The predicted molar refractivity (Wildman–Crippen MR) is 154 cm³/mol. The summed E-state index contributed by atoms with van der Waals surface area (Å²) in [6, 6.07) is 14.1. The molecule has 1 fully saturated rings. The standard InChI is InChI=1S/C28H37Cl2N3O4S/c1-3-25(28(35)31-23-12-7-8-13-23)32(19-17-21-10-5-4-6-11-21)27(34)14-9-18-33(38(2,36)37)26-20-22(29)15-16-24(26)30/h4-6,10-11,15-16,20,23,25H,3,7-9,12-14,17-19H2,1-2H3,(H,31,35)/t25-/m0/s1. The highest BCUT2D eigenvalue weighted by atomic mass is 35.5. The van der Waals surface area contributed by atoms with Crippen molar-refractivity contribution in [2.45, 2.75) is 70.4 Å². The molecule has 2 aromatic rings. The van der Waals surface area contributed by atoms with Gasteiger partial charge in [0.05, 0.1) is 17.0 Å². The molecule has 0 aromatic heterocycles. The van der Waals surface area contributed by atoms with Crippen LogP contribution in [0.3, 0.4) is 0 Å². The third kappa shape index (κ3) is 8.61. The van der Waals surface area contributed by atoms with Crippen molar-refractivity contribution in [2.75, 3.05) is 23.7 Å². The summed E-state index contributed by atoms with van der Waals surface area (Å²) in [6.07, 6.45) is 6.70. The van der Waals surface area contributed by atoms with Gasteiger partial charge in [-0.15, -0.1) is 0 Å². The Balaban J connectivity index is 1.73. The molecule has 0 aliphatic heterocycles. The molecule has 1 N–H and O–H groups in total. The molecular weight excluding hydrogens is 545 g/mol. The smallest absolute Gasteiger partial charge is 0.243 e. The van der Waals surface area contributed by atoms with E-state index in [9.17, 15) is 18.0 Å². The minimum absolute atomic E-state index is 0.0578. The van der Waals surface area contributed by atoms with Gasteiger partial charge in [-0.2, -0.15) is 0 Å². The maximum atomic E-state index is 13.5. The van der Waals surface area contributed by atoms with Gasteiger partial charge in [0.2, 0.25) is 21.8 Å². The van der Waals surface area contributed by atoms with Gasteiger partial charge in [0.25, 0.3) is 0 Å². The summed E-state index contributed by atoms with van der Waals surface area (Å²) in [5.41, 5.74) is 1.35. The van der Waals surface area contributed by atoms with Gasteiger partial charge in [0.1, 0.15) is 6.04 Å². The number of rotatable bonds is 13. The molecule has 0 saturated heterocycles. The van der Waals surface area contributed by atoms with Crippen molar-refractivity contribution in [3.05, 3.63) is 64.1 Å². The minimum Gasteiger partial charge on any atom is -0.352 e. The van der Waals surface area contributed by atoms with Crippen LogP contribution in [-0.2, 0) is 26.0 Å². The average molecular weight is 583 g/mol. The lowest BCUT2D eigenvalue weighted by Gasteiger charge is -2.32. The van der Waals surface area contributed by atoms with Crippen molar-refractivity contribution in [3.63, 3.8) is 0 Å². The van der Waals surface area contributed by atoms with Gasteiger partial charge in [-0.25, -0.2) is 8.42 Å². The van der Waals surface area contributed by atoms with E-state index in [2.05, 4.69) is 5.32 Å². The Hall–Kier alpha value is -2.29. The molecule has 2 amide bonds. The lowest BCUT2D eigenvalue weighted by atomic mass is 10.1. The van der Waals surface area contributed by atoms with Crippen LogP contribution in [0.5, 0.6) is 0 Å². The maximum absolute atomic E-state index is 13.5. The van der Waals surface area contributed by atoms with Crippen molar-refractivity contribution in [2.24, 2.45) is 0 Å². The van der Waals surface area contributed by atoms with Crippen molar-refractivity contribution >= 4 is 50.7 Å². The minimum atomic E-state index is -3.67. The summed E-state index contributed by atoms with van der Waals surface area (Å²) in [6.45, 7) is 2.37. The highest BCUT2D eigenvalue weighted by Gasteiger charge is 2.30. The zero-order valence-corrected chi connectivity index (χ0v) is 24.4. The molecule has 10 heteroatoms. The van der Waals surface area contributed by atoms with E-state index in [1.165, 1.54) is 10.4 Å². The van der Waals surface area contributed by atoms with Crippen LogP contribution in [0.15, 0.2) is 48.5 Å². The number of hydrogen-bond acceptors (Lipinski definition) is 4. The normalized spacial score (nSPS) is 14.7. The first-order valence-corrected chi connectivity index (χ1v) is 15.8.